The highest BCUT2D eigenvalue weighted by molar-refractivity contribution is 5.75. The number of aromatic amines is 1. The third-order valence-corrected chi connectivity index (χ3v) is 3.15. The maximum Gasteiger partial charge on any atom is 0.153 e. The third-order valence-electron chi connectivity index (χ3n) is 3.15. The Morgan fingerprint density at radius 2 is 2.05 bits per heavy atom. The van der Waals surface area contributed by atoms with Crippen LogP contribution in [0.4, 0.5) is 4.39 Å². The Balaban J connectivity index is 1.86. The lowest BCUT2D eigenvalue weighted by atomic mass is 10.2. The first-order valence-corrected chi connectivity index (χ1v) is 6.50. The number of halogens is 1. The number of hydrogen-bond donors (Lipinski definition) is 1. The van der Waals surface area contributed by atoms with E-state index < -0.39 is 0 Å². The standard InChI is InChI=1S/C16H15FN2O/c1-10-4-3-5-13(8-10)20-11(2)16-18-14-7-6-12(17)9-15(14)19-16/h3-9,11H,1-2H3,(H,18,19)/t11-/m0/s1. The first-order valence-electron chi connectivity index (χ1n) is 6.50. The van der Waals surface area contributed by atoms with Gasteiger partial charge < -0.3 is 9.72 Å². The van der Waals surface area contributed by atoms with E-state index >= 15 is 0 Å². The van der Waals surface area contributed by atoms with Gasteiger partial charge in [0.15, 0.2) is 6.10 Å². The summed E-state index contributed by atoms with van der Waals surface area (Å²) in [7, 11) is 0. The highest BCUT2D eigenvalue weighted by Crippen LogP contribution is 2.23. The molecule has 1 N–H and O–H groups in total. The molecule has 3 rings (SSSR count). The SMILES string of the molecule is Cc1cccc(O[C@@H](C)c2nc3ccc(F)cc3[nH]2)c1. The van der Waals surface area contributed by atoms with Crippen molar-refractivity contribution in [2.24, 2.45) is 0 Å². The second-order valence-corrected chi connectivity index (χ2v) is 4.86. The van der Waals surface area contributed by atoms with Gasteiger partial charge in [0.25, 0.3) is 0 Å². The molecule has 1 heterocycles. The number of hydrogen-bond acceptors (Lipinski definition) is 2. The Morgan fingerprint density at radius 1 is 1.20 bits per heavy atom. The highest BCUT2D eigenvalue weighted by atomic mass is 19.1. The summed E-state index contributed by atoms with van der Waals surface area (Å²) in [6, 6.07) is 12.3. The minimum absolute atomic E-state index is 0.229. The van der Waals surface area contributed by atoms with Crippen LogP contribution in [0.2, 0.25) is 0 Å². The van der Waals surface area contributed by atoms with Crippen LogP contribution in [0.3, 0.4) is 0 Å². The molecule has 0 aliphatic heterocycles. The fourth-order valence-electron chi connectivity index (χ4n) is 2.14. The molecule has 0 aliphatic rings. The maximum atomic E-state index is 13.2. The summed E-state index contributed by atoms with van der Waals surface area (Å²) in [4.78, 5) is 7.52. The van der Waals surface area contributed by atoms with E-state index in [9.17, 15) is 4.39 Å². The maximum absolute atomic E-state index is 13.2. The zero-order valence-corrected chi connectivity index (χ0v) is 11.4. The van der Waals surface area contributed by atoms with E-state index in [1.54, 1.807) is 6.07 Å². The molecule has 0 aliphatic carbocycles. The van der Waals surface area contributed by atoms with Crippen LogP contribution in [0.25, 0.3) is 11.0 Å². The van der Waals surface area contributed by atoms with E-state index in [-0.39, 0.29) is 11.9 Å². The molecule has 0 amide bonds. The van der Waals surface area contributed by atoms with Crippen molar-refractivity contribution in [3.05, 3.63) is 59.7 Å². The predicted octanol–water partition coefficient (Wildman–Crippen LogP) is 4.15. The van der Waals surface area contributed by atoms with Crippen molar-refractivity contribution in [1.29, 1.82) is 0 Å². The Labute approximate surface area is 116 Å². The normalized spacial score (nSPS) is 12.6. The van der Waals surface area contributed by atoms with Gasteiger partial charge in [-0.15, -0.1) is 0 Å². The molecule has 0 fully saturated rings. The second-order valence-electron chi connectivity index (χ2n) is 4.86. The molecule has 3 aromatic rings. The van der Waals surface area contributed by atoms with Crippen molar-refractivity contribution in [2.75, 3.05) is 0 Å². The van der Waals surface area contributed by atoms with Crippen molar-refractivity contribution in [3.63, 3.8) is 0 Å². The molecular formula is C16H15FN2O. The summed E-state index contributed by atoms with van der Waals surface area (Å²) in [6.07, 6.45) is -0.229. The second kappa shape index (κ2) is 4.96. The minimum Gasteiger partial charge on any atom is -0.483 e. The molecule has 0 saturated heterocycles. The molecule has 0 spiro atoms. The Morgan fingerprint density at radius 3 is 2.85 bits per heavy atom. The van der Waals surface area contributed by atoms with E-state index in [1.807, 2.05) is 38.1 Å². The lowest BCUT2D eigenvalue weighted by Gasteiger charge is -2.12. The van der Waals surface area contributed by atoms with E-state index in [2.05, 4.69) is 9.97 Å². The van der Waals surface area contributed by atoms with Gasteiger partial charge in [-0.2, -0.15) is 0 Å². The average Bonchev–Trinajstić information content (AvgIpc) is 2.81. The molecule has 4 heteroatoms. The fourth-order valence-corrected chi connectivity index (χ4v) is 2.14. The van der Waals surface area contributed by atoms with Crippen LogP contribution in [-0.2, 0) is 0 Å². The zero-order valence-electron chi connectivity index (χ0n) is 11.4. The molecule has 2 aromatic carbocycles. The van der Waals surface area contributed by atoms with Crippen molar-refractivity contribution in [2.45, 2.75) is 20.0 Å². The van der Waals surface area contributed by atoms with Crippen molar-refractivity contribution < 1.29 is 9.13 Å². The lowest BCUT2D eigenvalue weighted by Crippen LogP contribution is -2.05. The Hall–Kier alpha value is -2.36. The number of aromatic nitrogens is 2. The fraction of sp³-hybridized carbons (Fsp3) is 0.188. The summed E-state index contributed by atoms with van der Waals surface area (Å²) in [5.41, 5.74) is 2.56. The Kier molecular flexibility index (Phi) is 3.14. The first kappa shape index (κ1) is 12.7. The molecule has 0 unspecified atom stereocenters. The van der Waals surface area contributed by atoms with Gasteiger partial charge >= 0.3 is 0 Å². The summed E-state index contributed by atoms with van der Waals surface area (Å²) in [6.45, 7) is 3.93. The van der Waals surface area contributed by atoms with Gasteiger partial charge in [0.1, 0.15) is 17.4 Å². The smallest absolute Gasteiger partial charge is 0.153 e. The van der Waals surface area contributed by atoms with Gasteiger partial charge in [0.2, 0.25) is 0 Å². The highest BCUT2D eigenvalue weighted by Gasteiger charge is 2.12. The molecule has 1 aromatic heterocycles. The monoisotopic (exact) mass is 270 g/mol. The van der Waals surface area contributed by atoms with E-state index in [0.717, 1.165) is 16.8 Å². The van der Waals surface area contributed by atoms with Crippen molar-refractivity contribution in [1.82, 2.24) is 9.97 Å². The van der Waals surface area contributed by atoms with Gasteiger partial charge in [-0.25, -0.2) is 9.37 Å². The topological polar surface area (TPSA) is 37.9 Å². The quantitative estimate of drug-likeness (QED) is 0.776. The first-order chi connectivity index (χ1) is 9.61. The number of aryl methyl sites for hydroxylation is 1. The van der Waals surface area contributed by atoms with Crippen LogP contribution in [0.15, 0.2) is 42.5 Å². The molecule has 20 heavy (non-hydrogen) atoms. The molecular weight excluding hydrogens is 255 g/mol. The summed E-state index contributed by atoms with van der Waals surface area (Å²) < 4.78 is 19.0. The van der Waals surface area contributed by atoms with E-state index in [0.29, 0.717) is 11.3 Å². The minimum atomic E-state index is -0.278. The number of ether oxygens (including phenoxy) is 1. The van der Waals surface area contributed by atoms with E-state index in [1.165, 1.54) is 12.1 Å². The van der Waals surface area contributed by atoms with Gasteiger partial charge in [-0.1, -0.05) is 12.1 Å². The van der Waals surface area contributed by atoms with Crippen molar-refractivity contribution >= 4 is 11.0 Å². The molecule has 0 bridgehead atoms. The average molecular weight is 270 g/mol. The molecule has 0 saturated carbocycles. The van der Waals surface area contributed by atoms with Crippen LogP contribution >= 0.6 is 0 Å². The van der Waals surface area contributed by atoms with Crippen LogP contribution in [-0.4, -0.2) is 9.97 Å². The zero-order chi connectivity index (χ0) is 14.1. The number of H-pyrrole nitrogens is 1. The molecule has 3 nitrogen and oxygen atoms in total. The number of imidazole rings is 1. The van der Waals surface area contributed by atoms with Crippen LogP contribution < -0.4 is 4.74 Å². The van der Waals surface area contributed by atoms with Crippen molar-refractivity contribution in [3.8, 4) is 5.75 Å². The summed E-state index contributed by atoms with van der Waals surface area (Å²) >= 11 is 0. The number of fused-ring (bicyclic) bond motifs is 1. The Bertz CT molecular complexity index is 751. The molecule has 102 valence electrons. The summed E-state index contributed by atoms with van der Waals surface area (Å²) in [5, 5.41) is 0. The predicted molar refractivity (Wildman–Crippen MR) is 76.3 cm³/mol. The molecule has 1 atom stereocenters. The number of rotatable bonds is 3. The molecule has 0 radical (unpaired) electrons. The van der Waals surface area contributed by atoms with Crippen LogP contribution in [0, 0.1) is 12.7 Å². The lowest BCUT2D eigenvalue weighted by molar-refractivity contribution is 0.218. The van der Waals surface area contributed by atoms with E-state index in [4.69, 9.17) is 4.74 Å². The van der Waals surface area contributed by atoms with Gasteiger partial charge in [-0.05, 0) is 49.7 Å². The van der Waals surface area contributed by atoms with Crippen LogP contribution in [0.1, 0.15) is 24.4 Å². The number of nitrogens with zero attached hydrogens (tertiary/aromatic N) is 1. The van der Waals surface area contributed by atoms with Crippen LogP contribution in [0.5, 0.6) is 5.75 Å². The number of benzene rings is 2. The largest absolute Gasteiger partial charge is 0.483 e. The third kappa shape index (κ3) is 2.50. The van der Waals surface area contributed by atoms with Gasteiger partial charge in [-0.3, -0.25) is 0 Å². The summed E-state index contributed by atoms with van der Waals surface area (Å²) in [5.74, 6) is 1.20. The van der Waals surface area contributed by atoms with Gasteiger partial charge in [0, 0.05) is 0 Å². The number of nitrogens with one attached hydrogen (secondary N) is 1. The van der Waals surface area contributed by atoms with Gasteiger partial charge in [0.05, 0.1) is 11.0 Å².